The van der Waals surface area contributed by atoms with Crippen molar-refractivity contribution in [3.8, 4) is 0 Å². The van der Waals surface area contributed by atoms with Crippen molar-refractivity contribution in [1.29, 1.82) is 0 Å². The number of aliphatic carboxylic acids is 1. The second kappa shape index (κ2) is 6.06. The monoisotopic (exact) mass is 232 g/mol. The maximum absolute atomic E-state index is 10.3. The normalized spacial score (nSPS) is 10.8. The smallest absolute Gasteiger partial charge is 0.328 e. The van der Waals surface area contributed by atoms with Gasteiger partial charge < -0.3 is 16.6 Å². The Bertz CT molecular complexity index is 471. The molecule has 0 aliphatic carbocycles. The second-order valence-corrected chi connectivity index (χ2v) is 3.11. The first-order valence-corrected chi connectivity index (χ1v) is 4.71. The third kappa shape index (κ3) is 5.12. The Balaban J connectivity index is 2.71. The predicted octanol–water partition coefficient (Wildman–Crippen LogP) is 0.392. The van der Waals surface area contributed by atoms with Gasteiger partial charge in [-0.2, -0.15) is 5.10 Å². The van der Waals surface area contributed by atoms with Crippen LogP contribution in [0.1, 0.15) is 11.1 Å². The van der Waals surface area contributed by atoms with Crippen molar-refractivity contribution in [2.45, 2.75) is 0 Å². The van der Waals surface area contributed by atoms with E-state index in [4.69, 9.17) is 16.6 Å². The Morgan fingerprint density at radius 3 is 2.29 bits per heavy atom. The Kier molecular flexibility index (Phi) is 4.44. The van der Waals surface area contributed by atoms with Crippen LogP contribution in [0.3, 0.4) is 0 Å². The average molecular weight is 232 g/mol. The van der Waals surface area contributed by atoms with Crippen LogP contribution in [0.2, 0.25) is 0 Å². The first-order valence-electron chi connectivity index (χ1n) is 4.71. The van der Waals surface area contributed by atoms with Crippen LogP contribution in [0, 0.1) is 0 Å². The molecule has 0 spiro atoms. The van der Waals surface area contributed by atoms with Gasteiger partial charge in [-0.15, -0.1) is 5.10 Å². The molecular formula is C11H12N4O2. The molecule has 17 heavy (non-hydrogen) atoms. The summed E-state index contributed by atoms with van der Waals surface area (Å²) >= 11 is 0. The lowest BCUT2D eigenvalue weighted by atomic mass is 10.1. The van der Waals surface area contributed by atoms with Crippen LogP contribution in [0.15, 0.2) is 40.5 Å². The average Bonchev–Trinajstić information content (AvgIpc) is 2.27. The number of benzene rings is 1. The van der Waals surface area contributed by atoms with Crippen LogP contribution < -0.4 is 11.5 Å². The van der Waals surface area contributed by atoms with Gasteiger partial charge in [-0.05, 0) is 17.2 Å². The zero-order valence-corrected chi connectivity index (χ0v) is 8.95. The van der Waals surface area contributed by atoms with E-state index in [-0.39, 0.29) is 5.96 Å². The highest BCUT2D eigenvalue weighted by molar-refractivity contribution is 5.86. The predicted molar refractivity (Wildman–Crippen MR) is 66.5 cm³/mol. The molecule has 0 atom stereocenters. The Labute approximate surface area is 98.0 Å². The van der Waals surface area contributed by atoms with E-state index in [1.165, 1.54) is 12.3 Å². The van der Waals surface area contributed by atoms with E-state index in [2.05, 4.69) is 10.2 Å². The van der Waals surface area contributed by atoms with Crippen LogP contribution in [0.5, 0.6) is 0 Å². The van der Waals surface area contributed by atoms with E-state index in [0.717, 1.165) is 17.2 Å². The molecule has 0 aliphatic heterocycles. The summed E-state index contributed by atoms with van der Waals surface area (Å²) in [5.74, 6) is -1.09. The van der Waals surface area contributed by atoms with Crippen molar-refractivity contribution < 1.29 is 9.90 Å². The zero-order chi connectivity index (χ0) is 12.7. The first kappa shape index (κ1) is 12.4. The van der Waals surface area contributed by atoms with Crippen molar-refractivity contribution in [2.75, 3.05) is 0 Å². The quantitative estimate of drug-likeness (QED) is 0.301. The fraction of sp³-hybridized carbons (Fsp3) is 0. The summed E-state index contributed by atoms with van der Waals surface area (Å²) in [6.07, 6.45) is 4.06. The molecule has 5 N–H and O–H groups in total. The van der Waals surface area contributed by atoms with Crippen molar-refractivity contribution in [1.82, 2.24) is 0 Å². The van der Waals surface area contributed by atoms with E-state index in [1.807, 2.05) is 0 Å². The molecule has 6 nitrogen and oxygen atoms in total. The third-order valence-electron chi connectivity index (χ3n) is 1.73. The summed E-state index contributed by atoms with van der Waals surface area (Å²) in [5.41, 5.74) is 11.8. The van der Waals surface area contributed by atoms with Gasteiger partial charge in [-0.25, -0.2) is 4.79 Å². The van der Waals surface area contributed by atoms with Crippen LogP contribution >= 0.6 is 0 Å². The van der Waals surface area contributed by atoms with Gasteiger partial charge in [-0.3, -0.25) is 0 Å². The SMILES string of the molecule is NC(N)=NN=Cc1ccc(C=CC(=O)O)cc1. The lowest BCUT2D eigenvalue weighted by molar-refractivity contribution is -0.131. The highest BCUT2D eigenvalue weighted by atomic mass is 16.4. The van der Waals surface area contributed by atoms with Gasteiger partial charge in [0.25, 0.3) is 0 Å². The molecule has 1 aromatic carbocycles. The van der Waals surface area contributed by atoms with Crippen LogP contribution in [-0.4, -0.2) is 23.2 Å². The van der Waals surface area contributed by atoms with Crippen molar-refractivity contribution in [3.63, 3.8) is 0 Å². The number of hydrogen-bond acceptors (Lipinski definition) is 3. The van der Waals surface area contributed by atoms with Gasteiger partial charge >= 0.3 is 5.97 Å². The van der Waals surface area contributed by atoms with Gasteiger partial charge in [0.05, 0.1) is 6.21 Å². The number of carboxylic acids is 1. The molecule has 88 valence electrons. The minimum absolute atomic E-state index is 0.109. The van der Waals surface area contributed by atoms with Crippen LogP contribution in [-0.2, 0) is 4.79 Å². The molecule has 1 aromatic rings. The fourth-order valence-corrected chi connectivity index (χ4v) is 1.02. The van der Waals surface area contributed by atoms with Crippen molar-refractivity contribution in [3.05, 3.63) is 41.5 Å². The molecule has 6 heteroatoms. The molecule has 0 saturated heterocycles. The molecule has 0 heterocycles. The molecule has 0 fully saturated rings. The molecule has 0 radical (unpaired) electrons. The molecule has 0 unspecified atom stereocenters. The summed E-state index contributed by atoms with van der Waals surface area (Å²) in [4.78, 5) is 10.3. The highest BCUT2D eigenvalue weighted by Gasteiger charge is 1.90. The van der Waals surface area contributed by atoms with Gasteiger partial charge in [0, 0.05) is 6.08 Å². The summed E-state index contributed by atoms with van der Waals surface area (Å²) in [6.45, 7) is 0. The Hall–Kier alpha value is -2.63. The van der Waals surface area contributed by atoms with Gasteiger partial charge in [0.2, 0.25) is 5.96 Å². The van der Waals surface area contributed by atoms with Gasteiger partial charge in [0.15, 0.2) is 0 Å². The number of guanidine groups is 1. The zero-order valence-electron chi connectivity index (χ0n) is 8.95. The number of rotatable bonds is 4. The highest BCUT2D eigenvalue weighted by Crippen LogP contribution is 2.04. The number of carbonyl (C=O) groups is 1. The number of carboxylic acid groups (broad SMARTS) is 1. The molecule has 0 aromatic heterocycles. The van der Waals surface area contributed by atoms with Crippen LogP contribution in [0.25, 0.3) is 6.08 Å². The number of nitrogens with two attached hydrogens (primary N) is 2. The summed E-state index contributed by atoms with van der Waals surface area (Å²) in [5, 5.41) is 15.5. The molecule has 1 rings (SSSR count). The van der Waals surface area contributed by atoms with Gasteiger partial charge in [-0.1, -0.05) is 24.3 Å². The minimum Gasteiger partial charge on any atom is -0.478 e. The lowest BCUT2D eigenvalue weighted by Crippen LogP contribution is -2.21. The number of hydrogen-bond donors (Lipinski definition) is 3. The summed E-state index contributed by atoms with van der Waals surface area (Å²) in [6, 6.07) is 7.06. The Morgan fingerprint density at radius 1 is 1.18 bits per heavy atom. The standard InChI is InChI=1S/C11H12N4O2/c12-11(13)15-14-7-9-3-1-8(2-4-9)5-6-10(16)17/h1-7H,(H,16,17)(H4,12,13,15). The van der Waals surface area contributed by atoms with E-state index in [0.29, 0.717) is 0 Å². The maximum Gasteiger partial charge on any atom is 0.328 e. The molecule has 0 aliphatic rings. The number of nitrogens with zero attached hydrogens (tertiary/aromatic N) is 2. The van der Waals surface area contributed by atoms with Crippen molar-refractivity contribution in [2.24, 2.45) is 21.7 Å². The molecular weight excluding hydrogens is 220 g/mol. The van der Waals surface area contributed by atoms with E-state index in [1.54, 1.807) is 24.3 Å². The third-order valence-corrected chi connectivity index (χ3v) is 1.73. The molecule has 0 amide bonds. The van der Waals surface area contributed by atoms with E-state index in [9.17, 15) is 4.79 Å². The second-order valence-electron chi connectivity index (χ2n) is 3.11. The summed E-state index contributed by atoms with van der Waals surface area (Å²) < 4.78 is 0. The molecule has 0 bridgehead atoms. The topological polar surface area (TPSA) is 114 Å². The fourth-order valence-electron chi connectivity index (χ4n) is 1.02. The van der Waals surface area contributed by atoms with E-state index < -0.39 is 5.97 Å². The van der Waals surface area contributed by atoms with Crippen molar-refractivity contribution >= 4 is 24.2 Å². The van der Waals surface area contributed by atoms with Gasteiger partial charge in [0.1, 0.15) is 0 Å². The Morgan fingerprint density at radius 2 is 1.76 bits per heavy atom. The maximum atomic E-state index is 10.3. The minimum atomic E-state index is -0.983. The largest absolute Gasteiger partial charge is 0.478 e. The molecule has 0 saturated carbocycles. The lowest BCUT2D eigenvalue weighted by Gasteiger charge is -1.94. The van der Waals surface area contributed by atoms with E-state index >= 15 is 0 Å². The summed E-state index contributed by atoms with van der Waals surface area (Å²) in [7, 11) is 0. The van der Waals surface area contributed by atoms with Crippen LogP contribution in [0.4, 0.5) is 0 Å². The first-order chi connectivity index (χ1) is 8.08.